The number of benzene rings is 1. The minimum Gasteiger partial charge on any atom is -0.490 e. The van der Waals surface area contributed by atoms with Crippen LogP contribution in [0.2, 0.25) is 0 Å². The summed E-state index contributed by atoms with van der Waals surface area (Å²) in [7, 11) is 0. The van der Waals surface area contributed by atoms with Crippen molar-refractivity contribution in [2.45, 2.75) is 46.0 Å². The van der Waals surface area contributed by atoms with E-state index in [1.54, 1.807) is 0 Å². The van der Waals surface area contributed by atoms with E-state index >= 15 is 0 Å². The number of imidazole rings is 1. The predicted molar refractivity (Wildman–Crippen MR) is 99.6 cm³/mol. The van der Waals surface area contributed by atoms with Crippen molar-refractivity contribution < 1.29 is 4.74 Å². The molecule has 0 fully saturated rings. The van der Waals surface area contributed by atoms with Gasteiger partial charge in [-0.3, -0.25) is 0 Å². The molecule has 126 valence electrons. The van der Waals surface area contributed by atoms with E-state index in [1.165, 1.54) is 37.7 Å². The highest BCUT2D eigenvalue weighted by molar-refractivity contribution is 5.66. The molecule has 0 aliphatic carbocycles. The zero-order valence-electron chi connectivity index (χ0n) is 14.7. The Labute approximate surface area is 144 Å². The topological polar surface area (TPSA) is 26.5 Å². The molecular formula is C21H26N2O. The summed E-state index contributed by atoms with van der Waals surface area (Å²) in [5, 5.41) is 0. The first-order valence-corrected chi connectivity index (χ1v) is 9.01. The number of aromatic nitrogens is 2. The maximum Gasteiger partial charge on any atom is 0.180 e. The molecule has 0 saturated carbocycles. The summed E-state index contributed by atoms with van der Waals surface area (Å²) >= 11 is 0. The number of ether oxygens (including phenoxy) is 1. The van der Waals surface area contributed by atoms with Crippen LogP contribution >= 0.6 is 0 Å². The van der Waals surface area contributed by atoms with Crippen LogP contribution < -0.4 is 4.74 Å². The van der Waals surface area contributed by atoms with Gasteiger partial charge in [0, 0.05) is 18.0 Å². The van der Waals surface area contributed by atoms with Crippen LogP contribution in [0.15, 0.2) is 48.8 Å². The third kappa shape index (κ3) is 3.78. The van der Waals surface area contributed by atoms with Crippen molar-refractivity contribution in [2.24, 2.45) is 0 Å². The van der Waals surface area contributed by atoms with Crippen molar-refractivity contribution in [3.63, 3.8) is 0 Å². The molecule has 2 heterocycles. The highest BCUT2D eigenvalue weighted by Crippen LogP contribution is 2.25. The zero-order valence-corrected chi connectivity index (χ0v) is 14.7. The third-order valence-corrected chi connectivity index (χ3v) is 4.32. The molecule has 3 nitrogen and oxygen atoms in total. The van der Waals surface area contributed by atoms with Gasteiger partial charge in [0.15, 0.2) is 11.4 Å². The van der Waals surface area contributed by atoms with Gasteiger partial charge in [-0.25, -0.2) is 4.98 Å². The lowest BCUT2D eigenvalue weighted by molar-refractivity contribution is 0.342. The van der Waals surface area contributed by atoms with E-state index in [9.17, 15) is 0 Å². The number of pyridine rings is 1. The van der Waals surface area contributed by atoms with Crippen molar-refractivity contribution in [3.05, 3.63) is 54.4 Å². The number of hydrogen-bond acceptors (Lipinski definition) is 2. The Morgan fingerprint density at radius 3 is 2.58 bits per heavy atom. The van der Waals surface area contributed by atoms with Crippen LogP contribution in [-0.2, 0) is 6.42 Å². The van der Waals surface area contributed by atoms with Crippen LogP contribution in [0.5, 0.6) is 5.75 Å². The molecule has 0 amide bonds. The molecule has 0 atom stereocenters. The molecule has 0 aliphatic heterocycles. The highest BCUT2D eigenvalue weighted by atomic mass is 16.5. The third-order valence-electron chi connectivity index (χ3n) is 4.32. The van der Waals surface area contributed by atoms with Gasteiger partial charge in [-0.15, -0.1) is 0 Å². The zero-order chi connectivity index (χ0) is 16.8. The van der Waals surface area contributed by atoms with Crippen LogP contribution in [0.1, 0.15) is 45.1 Å². The van der Waals surface area contributed by atoms with Gasteiger partial charge in [0.1, 0.15) is 0 Å². The van der Waals surface area contributed by atoms with Crippen molar-refractivity contribution in [1.82, 2.24) is 9.38 Å². The van der Waals surface area contributed by atoms with E-state index in [4.69, 9.17) is 9.72 Å². The van der Waals surface area contributed by atoms with Crippen LogP contribution in [0.3, 0.4) is 0 Å². The Morgan fingerprint density at radius 1 is 1.00 bits per heavy atom. The Morgan fingerprint density at radius 2 is 1.83 bits per heavy atom. The minimum atomic E-state index is 0.647. The molecule has 0 spiro atoms. The molecule has 0 unspecified atom stereocenters. The van der Waals surface area contributed by atoms with Crippen LogP contribution in [0.25, 0.3) is 16.9 Å². The van der Waals surface area contributed by atoms with E-state index in [0.29, 0.717) is 6.61 Å². The maximum atomic E-state index is 5.67. The number of unbranched alkanes of at least 4 members (excludes halogenated alkanes) is 3. The van der Waals surface area contributed by atoms with E-state index in [0.717, 1.165) is 22.7 Å². The van der Waals surface area contributed by atoms with Crippen LogP contribution in [0.4, 0.5) is 0 Å². The fraction of sp³-hybridized carbons (Fsp3) is 0.381. The number of nitrogens with zero attached hydrogens (tertiary/aromatic N) is 2. The summed E-state index contributed by atoms with van der Waals surface area (Å²) in [6.45, 7) is 4.89. The molecule has 24 heavy (non-hydrogen) atoms. The first-order valence-electron chi connectivity index (χ1n) is 9.01. The van der Waals surface area contributed by atoms with Gasteiger partial charge in [-0.1, -0.05) is 50.5 Å². The Bertz CT molecular complexity index is 774. The number of fused-ring (bicyclic) bond motifs is 1. The minimum absolute atomic E-state index is 0.647. The highest BCUT2D eigenvalue weighted by Gasteiger charge is 2.08. The van der Waals surface area contributed by atoms with E-state index in [2.05, 4.69) is 37.4 Å². The molecule has 2 aromatic heterocycles. The summed E-state index contributed by atoms with van der Waals surface area (Å²) in [5.41, 5.74) is 4.42. The van der Waals surface area contributed by atoms with Gasteiger partial charge in [-0.2, -0.15) is 0 Å². The van der Waals surface area contributed by atoms with Gasteiger partial charge in [0.25, 0.3) is 0 Å². The largest absolute Gasteiger partial charge is 0.490 e. The second kappa shape index (κ2) is 8.00. The van der Waals surface area contributed by atoms with E-state index < -0.39 is 0 Å². The monoisotopic (exact) mass is 322 g/mol. The molecule has 0 N–H and O–H groups in total. The lowest BCUT2D eigenvalue weighted by Gasteiger charge is -2.03. The van der Waals surface area contributed by atoms with E-state index in [1.807, 2.05) is 29.7 Å². The molecule has 3 aromatic rings. The second-order valence-electron chi connectivity index (χ2n) is 6.17. The predicted octanol–water partition coefficient (Wildman–Crippen LogP) is 5.52. The summed E-state index contributed by atoms with van der Waals surface area (Å²) in [6.07, 6.45) is 10.5. The van der Waals surface area contributed by atoms with Crippen LogP contribution in [-0.4, -0.2) is 16.0 Å². The van der Waals surface area contributed by atoms with Gasteiger partial charge >= 0.3 is 0 Å². The summed E-state index contributed by atoms with van der Waals surface area (Å²) in [6, 6.07) is 12.8. The fourth-order valence-electron chi connectivity index (χ4n) is 2.99. The lowest BCUT2D eigenvalue weighted by Crippen LogP contribution is -1.94. The smallest absolute Gasteiger partial charge is 0.180 e. The van der Waals surface area contributed by atoms with Crippen LogP contribution in [0, 0.1) is 0 Å². The van der Waals surface area contributed by atoms with Gasteiger partial charge in [0.2, 0.25) is 0 Å². The number of rotatable bonds is 8. The van der Waals surface area contributed by atoms with Gasteiger partial charge in [0.05, 0.1) is 12.3 Å². The first kappa shape index (κ1) is 16.6. The van der Waals surface area contributed by atoms with Gasteiger partial charge in [-0.05, 0) is 37.5 Å². The van der Waals surface area contributed by atoms with Crippen molar-refractivity contribution in [1.29, 1.82) is 0 Å². The SMILES string of the molecule is CCCCCCc1ccc(-c2cn3cccc(OCC)c3n2)cc1. The normalized spacial score (nSPS) is 11.1. The van der Waals surface area contributed by atoms with Crippen molar-refractivity contribution in [2.75, 3.05) is 6.61 Å². The Kier molecular flexibility index (Phi) is 5.52. The summed E-state index contributed by atoms with van der Waals surface area (Å²) < 4.78 is 7.70. The molecular weight excluding hydrogens is 296 g/mol. The molecule has 3 rings (SSSR count). The molecule has 0 bridgehead atoms. The van der Waals surface area contributed by atoms with Gasteiger partial charge < -0.3 is 9.14 Å². The molecule has 0 aliphatic rings. The number of hydrogen-bond donors (Lipinski definition) is 0. The average molecular weight is 322 g/mol. The van der Waals surface area contributed by atoms with E-state index in [-0.39, 0.29) is 0 Å². The molecule has 3 heteroatoms. The lowest BCUT2D eigenvalue weighted by atomic mass is 10.0. The fourth-order valence-corrected chi connectivity index (χ4v) is 2.99. The van der Waals surface area contributed by atoms with Crippen molar-refractivity contribution in [3.8, 4) is 17.0 Å². The molecule has 0 saturated heterocycles. The standard InChI is InChI=1S/C21H26N2O/c1-3-5-6-7-9-17-11-13-18(14-12-17)19-16-23-15-8-10-20(24-4-2)21(23)22-19/h8,10-16H,3-7,9H2,1-2H3. The quantitative estimate of drug-likeness (QED) is 0.510. The van der Waals surface area contributed by atoms with Crippen molar-refractivity contribution >= 4 is 5.65 Å². The molecule has 1 aromatic carbocycles. The Hall–Kier alpha value is -2.29. The first-order chi connectivity index (χ1) is 11.8. The summed E-state index contributed by atoms with van der Waals surface area (Å²) in [4.78, 5) is 4.76. The second-order valence-corrected chi connectivity index (χ2v) is 6.17. The number of aryl methyl sites for hydroxylation is 1. The maximum absolute atomic E-state index is 5.67. The molecule has 0 radical (unpaired) electrons. The summed E-state index contributed by atoms with van der Waals surface area (Å²) in [5.74, 6) is 0.832. The average Bonchev–Trinajstić information content (AvgIpc) is 3.05. The Balaban J connectivity index is 1.76.